The number of alkyl halides is 3. The number of hydrogen-bond donors (Lipinski definition) is 2. The van der Waals surface area contributed by atoms with Crippen molar-refractivity contribution < 1.29 is 27.5 Å². The number of amides is 2. The number of piperazine rings is 1. The SMILES string of the molecule is Cc1ccc(C(O)(CCNC(=O)N2CCN(c3cccc(Cl)c3)CC2)C(F)(F)F)o1. The molecule has 1 aliphatic heterocycles. The molecule has 1 saturated heterocycles. The van der Waals surface area contributed by atoms with Crippen LogP contribution in [0.2, 0.25) is 5.02 Å². The molecule has 0 aliphatic carbocycles. The first-order chi connectivity index (χ1) is 14.1. The Labute approximate surface area is 177 Å². The van der Waals surface area contributed by atoms with Crippen molar-refractivity contribution in [3.05, 3.63) is 52.9 Å². The van der Waals surface area contributed by atoms with E-state index in [9.17, 15) is 23.1 Å². The molecule has 1 fully saturated rings. The van der Waals surface area contributed by atoms with Gasteiger partial charge < -0.3 is 24.6 Å². The molecule has 2 N–H and O–H groups in total. The summed E-state index contributed by atoms with van der Waals surface area (Å²) in [6.45, 7) is 3.12. The molecule has 164 valence electrons. The fourth-order valence-electron chi connectivity index (χ4n) is 3.36. The third-order valence-electron chi connectivity index (χ3n) is 5.12. The number of carbonyl (C=O) groups is 1. The fraction of sp³-hybridized carbons (Fsp3) is 0.450. The summed E-state index contributed by atoms with van der Waals surface area (Å²) < 4.78 is 45.4. The molecule has 1 aromatic carbocycles. The third kappa shape index (κ3) is 4.84. The molecule has 1 unspecified atom stereocenters. The summed E-state index contributed by atoms with van der Waals surface area (Å²) in [6, 6.07) is 9.37. The minimum atomic E-state index is -4.94. The smallest absolute Gasteiger partial charge is 0.424 e. The van der Waals surface area contributed by atoms with Gasteiger partial charge >= 0.3 is 12.2 Å². The van der Waals surface area contributed by atoms with Crippen molar-refractivity contribution in [1.82, 2.24) is 10.2 Å². The molecular weight excluding hydrogens is 423 g/mol. The van der Waals surface area contributed by atoms with Crippen LogP contribution in [0.25, 0.3) is 0 Å². The second kappa shape index (κ2) is 8.77. The number of aryl methyl sites for hydroxylation is 1. The van der Waals surface area contributed by atoms with Gasteiger partial charge in [0.15, 0.2) is 0 Å². The summed E-state index contributed by atoms with van der Waals surface area (Å²) in [5.41, 5.74) is -2.22. The van der Waals surface area contributed by atoms with E-state index in [1.165, 1.54) is 17.9 Å². The Hall–Kier alpha value is -2.39. The molecule has 10 heteroatoms. The van der Waals surface area contributed by atoms with Crippen LogP contribution in [-0.4, -0.2) is 54.9 Å². The number of hydrogen-bond acceptors (Lipinski definition) is 4. The summed E-state index contributed by atoms with van der Waals surface area (Å²) in [4.78, 5) is 16.0. The summed E-state index contributed by atoms with van der Waals surface area (Å²) in [5.74, 6) is -0.328. The Morgan fingerprint density at radius 3 is 2.47 bits per heavy atom. The number of benzene rings is 1. The Balaban J connectivity index is 1.53. The maximum atomic E-state index is 13.5. The number of anilines is 1. The van der Waals surface area contributed by atoms with Crippen LogP contribution in [0.4, 0.5) is 23.7 Å². The van der Waals surface area contributed by atoms with Gasteiger partial charge in [-0.25, -0.2) is 4.79 Å². The van der Waals surface area contributed by atoms with Gasteiger partial charge in [-0.3, -0.25) is 0 Å². The van der Waals surface area contributed by atoms with E-state index in [4.69, 9.17) is 16.0 Å². The zero-order valence-electron chi connectivity index (χ0n) is 16.4. The van der Waals surface area contributed by atoms with Crippen LogP contribution in [0.1, 0.15) is 17.9 Å². The largest absolute Gasteiger partial charge is 0.463 e. The Morgan fingerprint density at radius 2 is 1.90 bits per heavy atom. The first kappa shape index (κ1) is 22.3. The summed E-state index contributed by atoms with van der Waals surface area (Å²) >= 11 is 6.01. The number of carbonyl (C=O) groups excluding carboxylic acids is 1. The second-order valence-electron chi connectivity index (χ2n) is 7.20. The van der Waals surface area contributed by atoms with Gasteiger partial charge in [-0.05, 0) is 37.3 Å². The highest BCUT2D eigenvalue weighted by Gasteiger charge is 2.56. The predicted octanol–water partition coefficient (Wildman–Crippen LogP) is 3.91. The molecule has 2 aromatic rings. The van der Waals surface area contributed by atoms with Crippen molar-refractivity contribution in [2.24, 2.45) is 0 Å². The lowest BCUT2D eigenvalue weighted by Gasteiger charge is -2.36. The van der Waals surface area contributed by atoms with E-state index in [1.54, 1.807) is 6.07 Å². The van der Waals surface area contributed by atoms with Gasteiger partial charge in [0.05, 0.1) is 0 Å². The number of aliphatic hydroxyl groups is 1. The monoisotopic (exact) mass is 445 g/mol. The van der Waals surface area contributed by atoms with Gasteiger partial charge in [-0.1, -0.05) is 17.7 Å². The number of nitrogens with one attached hydrogen (secondary N) is 1. The van der Waals surface area contributed by atoms with E-state index in [0.29, 0.717) is 31.2 Å². The van der Waals surface area contributed by atoms with E-state index in [-0.39, 0.29) is 12.3 Å². The summed E-state index contributed by atoms with van der Waals surface area (Å²) in [6.07, 6.45) is -5.69. The zero-order chi connectivity index (χ0) is 21.9. The Kier molecular flexibility index (Phi) is 6.52. The van der Waals surface area contributed by atoms with Gasteiger partial charge in [0.25, 0.3) is 0 Å². The van der Waals surface area contributed by atoms with E-state index in [2.05, 4.69) is 10.2 Å². The van der Waals surface area contributed by atoms with E-state index >= 15 is 0 Å². The molecule has 3 rings (SSSR count). The lowest BCUT2D eigenvalue weighted by molar-refractivity contribution is -0.274. The van der Waals surface area contributed by atoms with Crippen LogP contribution in [0.5, 0.6) is 0 Å². The van der Waals surface area contributed by atoms with Crippen molar-refractivity contribution in [3.8, 4) is 0 Å². The number of nitrogens with zero attached hydrogens (tertiary/aromatic N) is 2. The second-order valence-corrected chi connectivity index (χ2v) is 7.64. The molecule has 2 amide bonds. The maximum absolute atomic E-state index is 13.5. The maximum Gasteiger partial charge on any atom is 0.424 e. The number of urea groups is 1. The van der Waals surface area contributed by atoms with Crippen LogP contribution in [0.3, 0.4) is 0 Å². The molecule has 30 heavy (non-hydrogen) atoms. The summed E-state index contributed by atoms with van der Waals surface area (Å²) in [7, 11) is 0. The molecule has 1 atom stereocenters. The fourth-order valence-corrected chi connectivity index (χ4v) is 3.55. The van der Waals surface area contributed by atoms with Gasteiger partial charge in [0.1, 0.15) is 11.5 Å². The van der Waals surface area contributed by atoms with Crippen molar-refractivity contribution in [1.29, 1.82) is 0 Å². The first-order valence-corrected chi connectivity index (χ1v) is 9.87. The Bertz CT molecular complexity index is 881. The van der Waals surface area contributed by atoms with Gasteiger partial charge in [0.2, 0.25) is 5.60 Å². The number of rotatable bonds is 5. The quantitative estimate of drug-likeness (QED) is 0.732. The molecule has 1 aliphatic rings. The predicted molar refractivity (Wildman–Crippen MR) is 107 cm³/mol. The van der Waals surface area contributed by atoms with Crippen LogP contribution < -0.4 is 10.2 Å². The van der Waals surface area contributed by atoms with Crippen LogP contribution in [0, 0.1) is 6.92 Å². The highest BCUT2D eigenvalue weighted by Crippen LogP contribution is 2.42. The molecule has 0 spiro atoms. The topological polar surface area (TPSA) is 69.0 Å². The molecule has 1 aromatic heterocycles. The standard InChI is InChI=1S/C20H23ClF3N3O3/c1-14-5-6-17(30-14)19(29,20(22,23)24)7-8-25-18(28)27-11-9-26(10-12-27)16-4-2-3-15(21)13-16/h2-6,13,29H,7-12H2,1H3,(H,25,28). The van der Waals surface area contributed by atoms with Crippen LogP contribution in [0.15, 0.2) is 40.8 Å². The lowest BCUT2D eigenvalue weighted by atomic mass is 9.96. The van der Waals surface area contributed by atoms with E-state index in [1.807, 2.05) is 18.2 Å². The van der Waals surface area contributed by atoms with Crippen molar-refractivity contribution in [3.63, 3.8) is 0 Å². The van der Waals surface area contributed by atoms with Gasteiger partial charge in [-0.2, -0.15) is 13.2 Å². The van der Waals surface area contributed by atoms with Gasteiger partial charge in [-0.15, -0.1) is 0 Å². The molecule has 2 heterocycles. The normalized spacial score (nSPS) is 17.0. The van der Waals surface area contributed by atoms with Crippen LogP contribution in [-0.2, 0) is 5.60 Å². The number of furan rings is 1. The zero-order valence-corrected chi connectivity index (χ0v) is 17.1. The molecule has 0 saturated carbocycles. The average Bonchev–Trinajstić information content (AvgIpc) is 3.14. The van der Waals surface area contributed by atoms with Crippen molar-refractivity contribution >= 4 is 23.3 Å². The molecular formula is C20H23ClF3N3O3. The minimum Gasteiger partial charge on any atom is -0.463 e. The molecule has 6 nitrogen and oxygen atoms in total. The number of halogens is 4. The third-order valence-corrected chi connectivity index (χ3v) is 5.36. The van der Waals surface area contributed by atoms with Crippen molar-refractivity contribution in [2.75, 3.05) is 37.6 Å². The molecule has 0 bridgehead atoms. The highest BCUT2D eigenvalue weighted by molar-refractivity contribution is 6.30. The lowest BCUT2D eigenvalue weighted by Crippen LogP contribution is -2.52. The average molecular weight is 446 g/mol. The minimum absolute atomic E-state index is 0.259. The van der Waals surface area contributed by atoms with Crippen LogP contribution >= 0.6 is 11.6 Å². The Morgan fingerprint density at radius 1 is 1.20 bits per heavy atom. The van der Waals surface area contributed by atoms with E-state index in [0.717, 1.165) is 11.8 Å². The molecule has 0 radical (unpaired) electrons. The van der Waals surface area contributed by atoms with E-state index < -0.39 is 30.0 Å². The van der Waals surface area contributed by atoms with Gasteiger partial charge in [0, 0.05) is 49.9 Å². The van der Waals surface area contributed by atoms with Crippen molar-refractivity contribution in [2.45, 2.75) is 25.1 Å². The highest BCUT2D eigenvalue weighted by atomic mass is 35.5. The summed E-state index contributed by atoms with van der Waals surface area (Å²) in [5, 5.41) is 13.3. The first-order valence-electron chi connectivity index (χ1n) is 9.49.